The van der Waals surface area contributed by atoms with E-state index in [0.717, 1.165) is 0 Å². The van der Waals surface area contributed by atoms with Crippen molar-refractivity contribution in [2.24, 2.45) is 5.10 Å². The third kappa shape index (κ3) is 3.64. The van der Waals surface area contributed by atoms with Gasteiger partial charge in [-0.25, -0.2) is 19.9 Å². The number of hydrogen-bond acceptors (Lipinski definition) is 5. The van der Waals surface area contributed by atoms with Crippen LogP contribution in [-0.4, -0.2) is 37.5 Å². The van der Waals surface area contributed by atoms with E-state index >= 15 is 0 Å². The lowest BCUT2D eigenvalue weighted by molar-refractivity contribution is -0.129. The van der Waals surface area contributed by atoms with Crippen molar-refractivity contribution < 1.29 is 14.7 Å². The summed E-state index contributed by atoms with van der Waals surface area (Å²) in [6.07, 6.45) is 1.62. The zero-order valence-corrected chi connectivity index (χ0v) is 13.8. The maximum atomic E-state index is 12.3. The molecule has 2 N–H and O–H groups in total. The Hall–Kier alpha value is -3.81. The Morgan fingerprint density at radius 3 is 2.50 bits per heavy atom. The lowest BCUT2D eigenvalue weighted by Gasteiger charge is -2.02. The molecule has 2 heterocycles. The highest BCUT2D eigenvalue weighted by molar-refractivity contribution is 6.42. The number of nitrogens with zero attached hydrogens (tertiary/aromatic N) is 4. The summed E-state index contributed by atoms with van der Waals surface area (Å²) in [5.41, 5.74) is 3.18. The number of amides is 1. The summed E-state index contributed by atoms with van der Waals surface area (Å²) in [5, 5.41) is 17.2. The van der Waals surface area contributed by atoms with Crippen LogP contribution in [0.15, 0.2) is 65.9 Å². The summed E-state index contributed by atoms with van der Waals surface area (Å²) >= 11 is 0. The minimum atomic E-state index is -1.24. The molecule has 3 rings (SSSR count). The van der Waals surface area contributed by atoms with Crippen molar-refractivity contribution >= 4 is 17.6 Å². The summed E-state index contributed by atoms with van der Waals surface area (Å²) in [6, 6.07) is 15.3. The molecule has 0 bridgehead atoms. The molecule has 8 nitrogen and oxygen atoms in total. The van der Waals surface area contributed by atoms with E-state index in [1.807, 2.05) is 6.07 Å². The molecule has 0 fully saturated rings. The zero-order chi connectivity index (χ0) is 18.5. The number of aliphatic carboxylic acids is 1. The normalized spacial score (nSPS) is 11.2. The Morgan fingerprint density at radius 2 is 1.85 bits per heavy atom. The number of hydrazone groups is 1. The quantitative estimate of drug-likeness (QED) is 0.539. The SMILES string of the molecule is Cc1cc(C(=O)N/N=C(/C(=O)O)c2ccccc2)nn1-c1ccccn1. The van der Waals surface area contributed by atoms with Gasteiger partial charge in [0.15, 0.2) is 17.2 Å². The van der Waals surface area contributed by atoms with Crippen molar-refractivity contribution in [1.82, 2.24) is 20.2 Å². The molecule has 0 unspecified atom stereocenters. The topological polar surface area (TPSA) is 109 Å². The molecule has 0 saturated heterocycles. The van der Waals surface area contributed by atoms with Gasteiger partial charge in [-0.05, 0) is 25.1 Å². The Morgan fingerprint density at radius 1 is 1.12 bits per heavy atom. The van der Waals surface area contributed by atoms with Crippen LogP contribution in [0.2, 0.25) is 0 Å². The summed E-state index contributed by atoms with van der Waals surface area (Å²) in [7, 11) is 0. The molecular weight excluding hydrogens is 334 g/mol. The number of benzene rings is 1. The van der Waals surface area contributed by atoms with Gasteiger partial charge in [0.1, 0.15) is 0 Å². The highest BCUT2D eigenvalue weighted by Crippen LogP contribution is 2.09. The van der Waals surface area contributed by atoms with E-state index in [-0.39, 0.29) is 11.4 Å². The average Bonchev–Trinajstić information content (AvgIpc) is 3.05. The molecule has 1 amide bonds. The van der Waals surface area contributed by atoms with Gasteiger partial charge in [-0.2, -0.15) is 10.2 Å². The molecule has 1 aromatic carbocycles. The maximum Gasteiger partial charge on any atom is 0.356 e. The predicted molar refractivity (Wildman–Crippen MR) is 94.2 cm³/mol. The molecule has 3 aromatic rings. The van der Waals surface area contributed by atoms with Crippen LogP contribution in [0.4, 0.5) is 0 Å². The van der Waals surface area contributed by atoms with Crippen molar-refractivity contribution in [1.29, 1.82) is 0 Å². The first-order valence-corrected chi connectivity index (χ1v) is 7.71. The van der Waals surface area contributed by atoms with E-state index in [1.165, 1.54) is 4.68 Å². The van der Waals surface area contributed by atoms with Crippen LogP contribution in [0.1, 0.15) is 21.7 Å². The van der Waals surface area contributed by atoms with E-state index in [0.29, 0.717) is 17.1 Å². The lowest BCUT2D eigenvalue weighted by atomic mass is 10.1. The van der Waals surface area contributed by atoms with Crippen molar-refractivity contribution in [3.8, 4) is 5.82 Å². The van der Waals surface area contributed by atoms with Gasteiger partial charge in [0, 0.05) is 17.5 Å². The van der Waals surface area contributed by atoms with Crippen molar-refractivity contribution in [2.75, 3.05) is 0 Å². The summed E-state index contributed by atoms with van der Waals surface area (Å²) in [4.78, 5) is 27.9. The standard InChI is InChI=1S/C18H15N5O3/c1-12-11-14(22-23(12)15-9-5-6-10-19-15)17(24)21-20-16(18(25)26)13-7-3-2-4-8-13/h2-11H,1H3,(H,21,24)(H,25,26)/b20-16+. The molecule has 0 saturated carbocycles. The number of aromatic nitrogens is 3. The van der Waals surface area contributed by atoms with Gasteiger partial charge in [0.2, 0.25) is 0 Å². The number of hydrogen-bond donors (Lipinski definition) is 2. The third-order valence-electron chi connectivity index (χ3n) is 3.51. The van der Waals surface area contributed by atoms with Crippen molar-refractivity contribution in [2.45, 2.75) is 6.92 Å². The largest absolute Gasteiger partial charge is 0.476 e. The number of carboxylic acids is 1. The molecule has 2 aromatic heterocycles. The van der Waals surface area contributed by atoms with Crippen LogP contribution in [-0.2, 0) is 4.79 Å². The van der Waals surface area contributed by atoms with Crippen LogP contribution >= 0.6 is 0 Å². The highest BCUT2D eigenvalue weighted by atomic mass is 16.4. The van der Waals surface area contributed by atoms with Crippen LogP contribution < -0.4 is 5.43 Å². The predicted octanol–water partition coefficient (Wildman–Crippen LogP) is 1.79. The fraction of sp³-hybridized carbons (Fsp3) is 0.0556. The Kier molecular flexibility index (Phi) is 4.84. The summed E-state index contributed by atoms with van der Waals surface area (Å²) in [5.74, 6) is -1.28. The van der Waals surface area contributed by atoms with E-state index in [1.54, 1.807) is 61.7 Å². The Labute approximate surface area is 148 Å². The molecule has 0 spiro atoms. The van der Waals surface area contributed by atoms with Gasteiger partial charge in [-0.15, -0.1) is 0 Å². The molecule has 8 heteroatoms. The van der Waals surface area contributed by atoms with Gasteiger partial charge < -0.3 is 5.11 Å². The van der Waals surface area contributed by atoms with E-state index < -0.39 is 11.9 Å². The van der Waals surface area contributed by atoms with Crippen LogP contribution in [0.25, 0.3) is 5.82 Å². The van der Waals surface area contributed by atoms with Gasteiger partial charge >= 0.3 is 5.97 Å². The Bertz CT molecular complexity index is 965. The first kappa shape index (κ1) is 17.0. The number of nitrogens with one attached hydrogen (secondary N) is 1. The molecule has 130 valence electrons. The molecule has 0 atom stereocenters. The third-order valence-corrected chi connectivity index (χ3v) is 3.51. The van der Waals surface area contributed by atoms with Crippen molar-refractivity contribution in [3.63, 3.8) is 0 Å². The van der Waals surface area contributed by atoms with Crippen LogP contribution in [0.3, 0.4) is 0 Å². The smallest absolute Gasteiger partial charge is 0.356 e. The van der Waals surface area contributed by atoms with E-state index in [9.17, 15) is 14.7 Å². The van der Waals surface area contributed by atoms with Gasteiger partial charge in [0.05, 0.1) is 0 Å². The zero-order valence-electron chi connectivity index (χ0n) is 13.8. The Balaban J connectivity index is 1.83. The lowest BCUT2D eigenvalue weighted by Crippen LogP contribution is -2.24. The molecule has 0 aliphatic carbocycles. The second-order valence-electron chi connectivity index (χ2n) is 5.34. The van der Waals surface area contributed by atoms with E-state index in [2.05, 4.69) is 20.6 Å². The number of aryl methyl sites for hydroxylation is 1. The number of carbonyl (C=O) groups excluding carboxylic acids is 1. The number of carboxylic acid groups (broad SMARTS) is 1. The monoisotopic (exact) mass is 349 g/mol. The highest BCUT2D eigenvalue weighted by Gasteiger charge is 2.16. The minimum absolute atomic E-state index is 0.106. The molecule has 26 heavy (non-hydrogen) atoms. The van der Waals surface area contributed by atoms with E-state index in [4.69, 9.17) is 0 Å². The fourth-order valence-electron chi connectivity index (χ4n) is 2.29. The molecule has 0 aliphatic rings. The van der Waals surface area contributed by atoms with Gasteiger partial charge in [-0.1, -0.05) is 36.4 Å². The maximum absolute atomic E-state index is 12.3. The van der Waals surface area contributed by atoms with Crippen LogP contribution in [0, 0.1) is 6.92 Å². The number of rotatable bonds is 5. The minimum Gasteiger partial charge on any atom is -0.476 e. The number of pyridine rings is 1. The summed E-state index contributed by atoms with van der Waals surface area (Å²) in [6.45, 7) is 1.79. The second kappa shape index (κ2) is 7.39. The van der Waals surface area contributed by atoms with Crippen LogP contribution in [0.5, 0.6) is 0 Å². The van der Waals surface area contributed by atoms with Gasteiger partial charge in [0.25, 0.3) is 5.91 Å². The second-order valence-corrected chi connectivity index (χ2v) is 5.34. The molecule has 0 radical (unpaired) electrons. The number of carbonyl (C=O) groups is 2. The first-order chi connectivity index (χ1) is 12.6. The molecule has 0 aliphatic heterocycles. The first-order valence-electron chi connectivity index (χ1n) is 7.71. The summed E-state index contributed by atoms with van der Waals surface area (Å²) < 4.78 is 1.52. The average molecular weight is 349 g/mol. The fourth-order valence-corrected chi connectivity index (χ4v) is 2.29. The molecular formula is C18H15N5O3. The van der Waals surface area contributed by atoms with Gasteiger partial charge in [-0.3, -0.25) is 4.79 Å². The van der Waals surface area contributed by atoms with Crippen molar-refractivity contribution in [3.05, 3.63) is 77.7 Å².